The van der Waals surface area contributed by atoms with E-state index >= 15 is 0 Å². The molecule has 1 aliphatic carbocycles. The molecule has 2 amide bonds. The maximum absolute atomic E-state index is 13.3. The molecule has 3 rings (SSSR count). The lowest BCUT2D eigenvalue weighted by Gasteiger charge is -2.18. The number of nitrogens with one attached hydrogen (secondary N) is 2. The van der Waals surface area contributed by atoms with E-state index < -0.39 is 0 Å². The standard InChI is InChI=1S/C18H23FN2O3/c19-13-7-8-14-15(3-2-10-24-16(14)11-13)21-17(22)4-1-9-20-18(23)12-5-6-12/h7-8,11-12,15H,1-6,9-10H2,(H,20,23)(H,21,22). The highest BCUT2D eigenvalue weighted by Crippen LogP contribution is 2.32. The topological polar surface area (TPSA) is 67.4 Å². The van der Waals surface area contributed by atoms with Crippen molar-refractivity contribution in [1.29, 1.82) is 0 Å². The summed E-state index contributed by atoms with van der Waals surface area (Å²) in [4.78, 5) is 23.7. The Morgan fingerprint density at radius 3 is 2.88 bits per heavy atom. The van der Waals surface area contributed by atoms with Gasteiger partial charge in [-0.15, -0.1) is 0 Å². The molecular weight excluding hydrogens is 311 g/mol. The molecule has 1 atom stereocenters. The Hall–Kier alpha value is -2.11. The molecule has 1 unspecified atom stereocenters. The van der Waals surface area contributed by atoms with Crippen LogP contribution in [0.3, 0.4) is 0 Å². The van der Waals surface area contributed by atoms with Gasteiger partial charge in [-0.3, -0.25) is 9.59 Å². The van der Waals surface area contributed by atoms with E-state index in [0.717, 1.165) is 31.2 Å². The van der Waals surface area contributed by atoms with E-state index in [1.807, 2.05) is 0 Å². The van der Waals surface area contributed by atoms with E-state index in [1.165, 1.54) is 12.1 Å². The number of carbonyl (C=O) groups is 2. The number of hydrogen-bond donors (Lipinski definition) is 2. The molecule has 0 saturated heterocycles. The molecule has 1 aliphatic heterocycles. The summed E-state index contributed by atoms with van der Waals surface area (Å²) in [7, 11) is 0. The second-order valence-corrected chi connectivity index (χ2v) is 6.46. The maximum Gasteiger partial charge on any atom is 0.223 e. The van der Waals surface area contributed by atoms with Crippen LogP contribution in [0.5, 0.6) is 5.75 Å². The third kappa shape index (κ3) is 4.46. The van der Waals surface area contributed by atoms with Gasteiger partial charge in [-0.2, -0.15) is 0 Å². The fourth-order valence-electron chi connectivity index (χ4n) is 2.91. The predicted molar refractivity (Wildman–Crippen MR) is 87.0 cm³/mol. The molecular formula is C18H23FN2O3. The Labute approximate surface area is 141 Å². The van der Waals surface area contributed by atoms with Crippen molar-refractivity contribution < 1.29 is 18.7 Å². The fraction of sp³-hybridized carbons (Fsp3) is 0.556. The van der Waals surface area contributed by atoms with Crippen molar-refractivity contribution >= 4 is 11.8 Å². The number of amides is 2. The molecule has 0 bridgehead atoms. The van der Waals surface area contributed by atoms with Crippen molar-refractivity contribution in [2.75, 3.05) is 13.2 Å². The van der Waals surface area contributed by atoms with Crippen LogP contribution in [0.25, 0.3) is 0 Å². The van der Waals surface area contributed by atoms with Crippen LogP contribution in [0.15, 0.2) is 18.2 Å². The Morgan fingerprint density at radius 2 is 2.08 bits per heavy atom. The van der Waals surface area contributed by atoms with Gasteiger partial charge >= 0.3 is 0 Å². The number of halogens is 1. The van der Waals surface area contributed by atoms with Crippen molar-refractivity contribution in [2.24, 2.45) is 5.92 Å². The molecule has 1 heterocycles. The van der Waals surface area contributed by atoms with Gasteiger partial charge in [0.2, 0.25) is 11.8 Å². The minimum Gasteiger partial charge on any atom is -0.493 e. The Bertz CT molecular complexity index is 616. The SMILES string of the molecule is O=C(CCCNC(=O)C1CC1)NC1CCCOc2cc(F)ccc21. The highest BCUT2D eigenvalue weighted by atomic mass is 19.1. The first-order valence-electron chi connectivity index (χ1n) is 8.63. The average Bonchev–Trinajstić information content (AvgIpc) is 3.39. The highest BCUT2D eigenvalue weighted by molar-refractivity contribution is 5.81. The van der Waals surface area contributed by atoms with Crippen LogP contribution in [0, 0.1) is 11.7 Å². The molecule has 5 nitrogen and oxygen atoms in total. The monoisotopic (exact) mass is 334 g/mol. The summed E-state index contributed by atoms with van der Waals surface area (Å²) in [5.74, 6) is 0.411. The van der Waals surface area contributed by atoms with E-state index in [2.05, 4.69) is 10.6 Å². The van der Waals surface area contributed by atoms with Gasteiger partial charge in [0.15, 0.2) is 0 Å². The number of benzene rings is 1. The van der Waals surface area contributed by atoms with Crippen molar-refractivity contribution in [3.05, 3.63) is 29.6 Å². The largest absolute Gasteiger partial charge is 0.493 e. The lowest BCUT2D eigenvalue weighted by Crippen LogP contribution is -2.30. The van der Waals surface area contributed by atoms with Crippen molar-refractivity contribution in [1.82, 2.24) is 10.6 Å². The zero-order valence-electron chi connectivity index (χ0n) is 13.6. The number of rotatable bonds is 6. The van der Waals surface area contributed by atoms with Crippen LogP contribution in [-0.2, 0) is 9.59 Å². The molecule has 2 N–H and O–H groups in total. The summed E-state index contributed by atoms with van der Waals surface area (Å²) in [6.45, 7) is 1.05. The highest BCUT2D eigenvalue weighted by Gasteiger charge is 2.29. The molecule has 0 aromatic heterocycles. The molecule has 1 saturated carbocycles. The van der Waals surface area contributed by atoms with Crippen LogP contribution in [-0.4, -0.2) is 25.0 Å². The van der Waals surface area contributed by atoms with Gasteiger partial charge in [-0.05, 0) is 38.2 Å². The average molecular weight is 334 g/mol. The summed E-state index contributed by atoms with van der Waals surface area (Å²) < 4.78 is 18.9. The lowest BCUT2D eigenvalue weighted by atomic mass is 10.0. The second-order valence-electron chi connectivity index (χ2n) is 6.46. The summed E-state index contributed by atoms with van der Waals surface area (Å²) in [5, 5.41) is 5.86. The molecule has 2 aliphatic rings. The summed E-state index contributed by atoms with van der Waals surface area (Å²) in [5.41, 5.74) is 0.823. The van der Waals surface area contributed by atoms with Crippen molar-refractivity contribution in [2.45, 2.75) is 44.6 Å². The molecule has 0 radical (unpaired) electrons. The van der Waals surface area contributed by atoms with Gasteiger partial charge in [-0.25, -0.2) is 4.39 Å². The quantitative estimate of drug-likeness (QED) is 0.785. The van der Waals surface area contributed by atoms with Crippen molar-refractivity contribution in [3.8, 4) is 5.75 Å². The predicted octanol–water partition coefficient (Wildman–Crippen LogP) is 2.46. The molecule has 1 fully saturated rings. The van der Waals surface area contributed by atoms with E-state index in [9.17, 15) is 14.0 Å². The minimum absolute atomic E-state index is 0.0576. The molecule has 1 aromatic carbocycles. The first-order chi connectivity index (χ1) is 11.6. The second kappa shape index (κ2) is 7.64. The van der Waals surface area contributed by atoms with Crippen LogP contribution in [0.1, 0.15) is 50.1 Å². The third-order valence-corrected chi connectivity index (χ3v) is 4.41. The van der Waals surface area contributed by atoms with E-state index in [4.69, 9.17) is 4.74 Å². The minimum atomic E-state index is -0.341. The molecule has 1 aromatic rings. The number of hydrogen-bond acceptors (Lipinski definition) is 3. The van der Waals surface area contributed by atoms with E-state index in [0.29, 0.717) is 31.7 Å². The first kappa shape index (κ1) is 16.7. The fourth-order valence-corrected chi connectivity index (χ4v) is 2.91. The van der Waals surface area contributed by atoms with E-state index in [-0.39, 0.29) is 29.6 Å². The lowest BCUT2D eigenvalue weighted by molar-refractivity contribution is -0.124. The van der Waals surface area contributed by atoms with Crippen LogP contribution in [0.2, 0.25) is 0 Å². The van der Waals surface area contributed by atoms with Gasteiger partial charge in [0.05, 0.1) is 12.6 Å². The Morgan fingerprint density at radius 1 is 1.25 bits per heavy atom. The smallest absolute Gasteiger partial charge is 0.223 e. The van der Waals surface area contributed by atoms with Gasteiger partial charge in [-0.1, -0.05) is 6.07 Å². The van der Waals surface area contributed by atoms with Crippen molar-refractivity contribution in [3.63, 3.8) is 0 Å². The number of fused-ring (bicyclic) bond motifs is 1. The van der Waals surface area contributed by atoms with Gasteiger partial charge < -0.3 is 15.4 Å². The maximum atomic E-state index is 13.3. The third-order valence-electron chi connectivity index (χ3n) is 4.41. The van der Waals surface area contributed by atoms with E-state index in [1.54, 1.807) is 6.07 Å². The molecule has 130 valence electrons. The zero-order chi connectivity index (χ0) is 16.9. The van der Waals surface area contributed by atoms with Gasteiger partial charge in [0.25, 0.3) is 0 Å². The first-order valence-corrected chi connectivity index (χ1v) is 8.63. The van der Waals surface area contributed by atoms with Crippen LogP contribution in [0.4, 0.5) is 4.39 Å². The normalized spacial score (nSPS) is 19.6. The molecule has 6 heteroatoms. The van der Waals surface area contributed by atoms with Crippen LogP contribution >= 0.6 is 0 Å². The Kier molecular flexibility index (Phi) is 5.33. The van der Waals surface area contributed by atoms with Gasteiger partial charge in [0.1, 0.15) is 11.6 Å². The zero-order valence-corrected chi connectivity index (χ0v) is 13.6. The summed E-state index contributed by atoms with van der Waals surface area (Å²) in [6.07, 6.45) is 4.51. The van der Waals surface area contributed by atoms with Gasteiger partial charge in [0, 0.05) is 30.5 Å². The van der Waals surface area contributed by atoms with Crippen LogP contribution < -0.4 is 15.4 Å². The Balaban J connectivity index is 1.47. The molecule has 0 spiro atoms. The number of ether oxygens (including phenoxy) is 1. The molecule has 24 heavy (non-hydrogen) atoms. The summed E-state index contributed by atoms with van der Waals surface area (Å²) in [6, 6.07) is 4.28. The number of carbonyl (C=O) groups excluding carboxylic acids is 2. The summed E-state index contributed by atoms with van der Waals surface area (Å²) >= 11 is 0.